The fourth-order valence-corrected chi connectivity index (χ4v) is 4.99. The van der Waals surface area contributed by atoms with Gasteiger partial charge in [-0.05, 0) is 45.2 Å². The van der Waals surface area contributed by atoms with Crippen LogP contribution in [-0.2, 0) is 0 Å². The Bertz CT molecular complexity index is 779. The van der Waals surface area contributed by atoms with Gasteiger partial charge in [-0.1, -0.05) is 0 Å². The van der Waals surface area contributed by atoms with Crippen LogP contribution >= 0.6 is 0 Å². The van der Waals surface area contributed by atoms with E-state index < -0.39 is 6.17 Å². The molecule has 2 N–H and O–H groups in total. The van der Waals surface area contributed by atoms with E-state index in [-0.39, 0.29) is 6.04 Å². The quantitative estimate of drug-likeness (QED) is 0.882. The fourth-order valence-electron chi connectivity index (χ4n) is 4.99. The number of halogens is 1. The predicted molar refractivity (Wildman–Crippen MR) is 100 cm³/mol. The van der Waals surface area contributed by atoms with Gasteiger partial charge in [0.05, 0.1) is 6.04 Å². The minimum Gasteiger partial charge on any atom is -0.351 e. The molecule has 0 saturated carbocycles. The number of fused-ring (bicyclic) bond motifs is 3. The van der Waals surface area contributed by atoms with Crippen LogP contribution in [0.5, 0.6) is 0 Å². The Morgan fingerprint density at radius 2 is 2.04 bits per heavy atom. The van der Waals surface area contributed by atoms with Crippen LogP contribution in [0, 0.1) is 0 Å². The van der Waals surface area contributed by atoms with E-state index in [9.17, 15) is 4.39 Å². The van der Waals surface area contributed by atoms with Crippen LogP contribution in [-0.4, -0.2) is 63.9 Å². The topological polar surface area (TPSA) is 58.0 Å². The lowest BCUT2D eigenvalue weighted by Gasteiger charge is -2.33. The monoisotopic (exact) mass is 358 g/mol. The van der Waals surface area contributed by atoms with Crippen molar-refractivity contribution in [1.29, 1.82) is 0 Å². The van der Waals surface area contributed by atoms with Crippen LogP contribution in [0.1, 0.15) is 38.1 Å². The highest BCUT2D eigenvalue weighted by atomic mass is 19.1. The first kappa shape index (κ1) is 16.4. The largest absolute Gasteiger partial charge is 0.351 e. The summed E-state index contributed by atoms with van der Waals surface area (Å²) in [6.07, 6.45) is 8.58. The molecule has 5 heterocycles. The zero-order chi connectivity index (χ0) is 17.7. The zero-order valence-electron chi connectivity index (χ0n) is 15.2. The molecule has 3 aliphatic rings. The maximum atomic E-state index is 14.6. The number of hydrogen-bond acceptors (Lipinski definition) is 5. The minimum absolute atomic E-state index is 0.138. The summed E-state index contributed by atoms with van der Waals surface area (Å²) in [6.45, 7) is 1.40. The molecule has 140 valence electrons. The number of nitrogens with zero attached hydrogens (tertiary/aromatic N) is 4. The number of piperidine rings is 2. The van der Waals surface area contributed by atoms with Crippen LogP contribution in [0.15, 0.2) is 18.5 Å². The molecule has 2 bridgehead atoms. The van der Waals surface area contributed by atoms with E-state index in [1.54, 1.807) is 0 Å². The number of nitrogens with one attached hydrogen (secondary N) is 2. The van der Waals surface area contributed by atoms with Crippen LogP contribution in [0.3, 0.4) is 0 Å². The van der Waals surface area contributed by atoms with Gasteiger partial charge in [-0.3, -0.25) is 0 Å². The maximum absolute atomic E-state index is 14.6. The van der Waals surface area contributed by atoms with Gasteiger partial charge in [0.15, 0.2) is 0 Å². The molecule has 0 spiro atoms. The molecule has 26 heavy (non-hydrogen) atoms. The minimum atomic E-state index is -0.865. The van der Waals surface area contributed by atoms with Crippen molar-refractivity contribution in [2.75, 3.05) is 25.5 Å². The lowest BCUT2D eigenvalue weighted by atomic mass is 10.0. The van der Waals surface area contributed by atoms with Crippen molar-refractivity contribution in [2.45, 2.75) is 62.4 Å². The molecular formula is C19H27FN6. The van der Waals surface area contributed by atoms with E-state index in [1.807, 2.05) is 30.1 Å². The smallest absolute Gasteiger partial charge is 0.224 e. The van der Waals surface area contributed by atoms with E-state index in [2.05, 4.69) is 20.5 Å². The number of anilines is 1. The molecule has 7 heteroatoms. The molecule has 2 aromatic heterocycles. The number of likely N-dealkylation sites (tertiary alicyclic amines) is 1. The van der Waals surface area contributed by atoms with Crippen molar-refractivity contribution in [3.63, 3.8) is 0 Å². The SMILES string of the molecule is CN1CC[C@@H](n2ccc3cnc(NC4C[C@H]5CC[C@@H](C4)N5)nc32)[C@@H](F)C1. The third kappa shape index (κ3) is 2.97. The number of alkyl halides is 1. The first-order valence-electron chi connectivity index (χ1n) is 9.84. The molecule has 0 aliphatic carbocycles. The zero-order valence-corrected chi connectivity index (χ0v) is 15.2. The van der Waals surface area contributed by atoms with Gasteiger partial charge in [0.25, 0.3) is 0 Å². The van der Waals surface area contributed by atoms with Crippen molar-refractivity contribution in [2.24, 2.45) is 0 Å². The summed E-state index contributed by atoms with van der Waals surface area (Å²) in [4.78, 5) is 11.3. The second-order valence-corrected chi connectivity index (χ2v) is 8.28. The van der Waals surface area contributed by atoms with Crippen molar-refractivity contribution in [3.05, 3.63) is 18.5 Å². The molecule has 0 aromatic carbocycles. The number of aromatic nitrogens is 3. The van der Waals surface area contributed by atoms with Gasteiger partial charge in [-0.15, -0.1) is 0 Å². The van der Waals surface area contributed by atoms with Gasteiger partial charge in [0.1, 0.15) is 11.8 Å². The molecular weight excluding hydrogens is 331 g/mol. The van der Waals surface area contributed by atoms with Crippen molar-refractivity contribution in [3.8, 4) is 0 Å². The Morgan fingerprint density at radius 1 is 1.23 bits per heavy atom. The van der Waals surface area contributed by atoms with Gasteiger partial charge in [0, 0.05) is 49.0 Å². The Kier molecular flexibility index (Phi) is 4.09. The molecule has 0 amide bonds. The third-order valence-electron chi connectivity index (χ3n) is 6.33. The average molecular weight is 358 g/mol. The summed E-state index contributed by atoms with van der Waals surface area (Å²) in [6, 6.07) is 3.54. The molecule has 0 radical (unpaired) electrons. The van der Waals surface area contributed by atoms with Crippen molar-refractivity contribution >= 4 is 17.0 Å². The Balaban J connectivity index is 1.38. The molecule has 6 nitrogen and oxygen atoms in total. The highest BCUT2D eigenvalue weighted by molar-refractivity contribution is 5.76. The van der Waals surface area contributed by atoms with Crippen LogP contribution < -0.4 is 10.6 Å². The highest BCUT2D eigenvalue weighted by Gasteiger charge is 2.34. The first-order valence-corrected chi connectivity index (χ1v) is 9.84. The number of hydrogen-bond donors (Lipinski definition) is 2. The second-order valence-electron chi connectivity index (χ2n) is 8.28. The van der Waals surface area contributed by atoms with Gasteiger partial charge < -0.3 is 20.1 Å². The summed E-state index contributed by atoms with van der Waals surface area (Å²) < 4.78 is 16.6. The van der Waals surface area contributed by atoms with E-state index in [0.717, 1.165) is 36.8 Å². The van der Waals surface area contributed by atoms with E-state index in [1.165, 1.54) is 12.8 Å². The second kappa shape index (κ2) is 6.46. The Hall–Kier alpha value is -1.73. The highest BCUT2D eigenvalue weighted by Crippen LogP contribution is 2.30. The van der Waals surface area contributed by atoms with Gasteiger partial charge in [-0.2, -0.15) is 4.98 Å². The molecule has 5 atom stereocenters. The van der Waals surface area contributed by atoms with Crippen LogP contribution in [0.25, 0.3) is 11.0 Å². The molecule has 3 aliphatic heterocycles. The summed E-state index contributed by atoms with van der Waals surface area (Å²) in [5.41, 5.74) is 0.844. The van der Waals surface area contributed by atoms with Crippen molar-refractivity contribution < 1.29 is 4.39 Å². The lowest BCUT2D eigenvalue weighted by Crippen LogP contribution is -2.43. The Labute approximate surface area is 153 Å². The van der Waals surface area contributed by atoms with Gasteiger partial charge >= 0.3 is 0 Å². The standard InChI is InChI=1S/C19H27FN6/c1-25-6-5-17(16(20)11-25)26-7-4-12-10-21-19(24-18(12)26)23-15-8-13-2-3-14(9-15)22-13/h4,7,10,13-17,22H,2-3,5-6,8-9,11H2,1H3,(H,21,23,24)/t13-,14+,15?,16-,17+/m0/s1. The molecule has 5 rings (SSSR count). The van der Waals surface area contributed by atoms with Crippen LogP contribution in [0.2, 0.25) is 0 Å². The summed E-state index contributed by atoms with van der Waals surface area (Å²) >= 11 is 0. The first-order chi connectivity index (χ1) is 12.7. The summed E-state index contributed by atoms with van der Waals surface area (Å²) in [5.74, 6) is 0.673. The molecule has 3 saturated heterocycles. The van der Waals surface area contributed by atoms with Crippen LogP contribution in [0.4, 0.5) is 10.3 Å². The summed E-state index contributed by atoms with van der Waals surface area (Å²) in [5, 5.41) is 8.17. The normalized spacial score (nSPS) is 35.1. The summed E-state index contributed by atoms with van der Waals surface area (Å²) in [7, 11) is 1.98. The number of rotatable bonds is 3. The third-order valence-corrected chi connectivity index (χ3v) is 6.33. The lowest BCUT2D eigenvalue weighted by molar-refractivity contribution is 0.109. The van der Waals surface area contributed by atoms with E-state index >= 15 is 0 Å². The molecule has 3 fully saturated rings. The van der Waals surface area contributed by atoms with Gasteiger partial charge in [0.2, 0.25) is 5.95 Å². The maximum Gasteiger partial charge on any atom is 0.224 e. The predicted octanol–water partition coefficient (Wildman–Crippen LogP) is 2.34. The average Bonchev–Trinajstić information content (AvgIpc) is 3.18. The Morgan fingerprint density at radius 3 is 2.81 bits per heavy atom. The fraction of sp³-hybridized carbons (Fsp3) is 0.684. The van der Waals surface area contributed by atoms with Crippen molar-refractivity contribution in [1.82, 2.24) is 24.8 Å². The molecule has 1 unspecified atom stereocenters. The molecule has 2 aromatic rings. The van der Waals surface area contributed by atoms with E-state index in [0.29, 0.717) is 30.6 Å². The van der Waals surface area contributed by atoms with Gasteiger partial charge in [-0.25, -0.2) is 9.37 Å². The van der Waals surface area contributed by atoms with E-state index in [4.69, 9.17) is 4.98 Å².